The number of carbonyl (C=O) groups is 2. The molecular weight excluding hydrogens is 374 g/mol. The lowest BCUT2D eigenvalue weighted by Gasteiger charge is -2.37. The molecule has 1 saturated carbocycles. The Bertz CT molecular complexity index is 852. The first-order chi connectivity index (χ1) is 14.4. The maximum atomic E-state index is 13.2. The summed E-state index contributed by atoms with van der Waals surface area (Å²) >= 11 is 0. The van der Waals surface area contributed by atoms with Gasteiger partial charge in [-0.15, -0.1) is 0 Å². The molecule has 1 atom stereocenters. The zero-order chi connectivity index (χ0) is 21.3. The van der Waals surface area contributed by atoms with E-state index in [-0.39, 0.29) is 29.7 Å². The van der Waals surface area contributed by atoms with Crippen LogP contribution in [0.4, 0.5) is 11.4 Å². The van der Waals surface area contributed by atoms with Gasteiger partial charge in [-0.2, -0.15) is 0 Å². The highest BCUT2D eigenvalue weighted by Gasteiger charge is 2.40. The monoisotopic (exact) mass is 409 g/mol. The van der Waals surface area contributed by atoms with Gasteiger partial charge in [0.2, 0.25) is 5.91 Å². The minimum atomic E-state index is -0.0862. The van der Waals surface area contributed by atoms with Crippen molar-refractivity contribution < 1.29 is 9.59 Å². The number of Topliss-reactive ketones (excluding diaryl/α,β-unsaturated/α-hetero) is 1. The average molecular weight is 410 g/mol. The molecule has 1 fully saturated rings. The van der Waals surface area contributed by atoms with Gasteiger partial charge in [0.1, 0.15) is 0 Å². The van der Waals surface area contributed by atoms with Gasteiger partial charge in [-0.3, -0.25) is 9.59 Å². The van der Waals surface area contributed by atoms with Crippen LogP contribution in [0.1, 0.15) is 72.1 Å². The number of carbonyl (C=O) groups excluding carboxylic acids is 2. The Balaban J connectivity index is 1.66. The predicted molar refractivity (Wildman–Crippen MR) is 122 cm³/mol. The number of para-hydroxylation sites is 2. The standard InChI is InChI=1S/C25H35N3O2/c1-4-20-24-19(14-25(2,3)15-22(24)29)27-18-12-8-9-13-21(18)28(20)16-23(30)26-17-10-6-5-7-11-17/h8-9,12-13,17,20,27H,4-7,10-11,14-16H2,1-3H3,(H,26,30). The molecule has 2 aliphatic carbocycles. The van der Waals surface area contributed by atoms with E-state index in [1.165, 1.54) is 19.3 Å². The largest absolute Gasteiger partial charge is 0.357 e. The van der Waals surface area contributed by atoms with Gasteiger partial charge < -0.3 is 15.5 Å². The second-order valence-electron chi connectivity index (χ2n) is 9.93. The number of amides is 1. The molecule has 0 saturated heterocycles. The molecule has 0 bridgehead atoms. The number of anilines is 2. The summed E-state index contributed by atoms with van der Waals surface area (Å²) in [6, 6.07) is 8.34. The molecule has 162 valence electrons. The van der Waals surface area contributed by atoms with Crippen molar-refractivity contribution >= 4 is 23.1 Å². The van der Waals surface area contributed by atoms with Gasteiger partial charge in [0.05, 0.1) is 24.0 Å². The highest BCUT2D eigenvalue weighted by atomic mass is 16.2. The highest BCUT2D eigenvalue weighted by molar-refractivity contribution is 6.01. The summed E-state index contributed by atoms with van der Waals surface area (Å²) in [5, 5.41) is 6.84. The minimum absolute atomic E-state index is 0.0519. The molecule has 5 nitrogen and oxygen atoms in total. The number of benzene rings is 1. The second kappa shape index (κ2) is 8.44. The lowest BCUT2D eigenvalue weighted by molar-refractivity contribution is -0.121. The van der Waals surface area contributed by atoms with Crippen LogP contribution in [0.5, 0.6) is 0 Å². The highest BCUT2D eigenvalue weighted by Crippen LogP contribution is 2.44. The molecule has 2 N–H and O–H groups in total. The Labute approximate surface area is 180 Å². The number of allylic oxidation sites excluding steroid dienone is 1. The summed E-state index contributed by atoms with van der Waals surface area (Å²) < 4.78 is 0. The van der Waals surface area contributed by atoms with Crippen molar-refractivity contribution in [2.24, 2.45) is 5.41 Å². The fourth-order valence-corrected chi connectivity index (χ4v) is 5.44. The molecule has 0 spiro atoms. The average Bonchev–Trinajstić information content (AvgIpc) is 2.82. The normalized spacial score (nSPS) is 23.9. The molecule has 1 heterocycles. The topological polar surface area (TPSA) is 61.4 Å². The fourth-order valence-electron chi connectivity index (χ4n) is 5.44. The number of hydrogen-bond donors (Lipinski definition) is 2. The molecule has 1 aromatic rings. The van der Waals surface area contributed by atoms with Crippen LogP contribution in [-0.2, 0) is 9.59 Å². The Morgan fingerprint density at radius 3 is 2.63 bits per heavy atom. The van der Waals surface area contributed by atoms with E-state index < -0.39 is 0 Å². The van der Waals surface area contributed by atoms with Crippen molar-refractivity contribution in [2.45, 2.75) is 84.2 Å². The molecular formula is C25H35N3O2. The molecule has 3 aliphatic rings. The molecule has 0 aromatic heterocycles. The van der Waals surface area contributed by atoms with Crippen molar-refractivity contribution in [1.29, 1.82) is 0 Å². The zero-order valence-corrected chi connectivity index (χ0v) is 18.6. The van der Waals surface area contributed by atoms with Crippen molar-refractivity contribution in [3.63, 3.8) is 0 Å². The van der Waals surface area contributed by atoms with E-state index in [0.717, 1.165) is 48.3 Å². The van der Waals surface area contributed by atoms with Crippen molar-refractivity contribution in [3.05, 3.63) is 35.5 Å². The van der Waals surface area contributed by atoms with Crippen LogP contribution in [0.3, 0.4) is 0 Å². The van der Waals surface area contributed by atoms with Crippen LogP contribution in [0, 0.1) is 5.41 Å². The van der Waals surface area contributed by atoms with E-state index >= 15 is 0 Å². The van der Waals surface area contributed by atoms with Crippen LogP contribution in [-0.4, -0.2) is 30.3 Å². The van der Waals surface area contributed by atoms with Crippen LogP contribution < -0.4 is 15.5 Å². The Kier molecular flexibility index (Phi) is 5.90. The maximum Gasteiger partial charge on any atom is 0.239 e. The lowest BCUT2D eigenvalue weighted by atomic mass is 9.74. The van der Waals surface area contributed by atoms with E-state index in [1.54, 1.807) is 0 Å². The SMILES string of the molecule is CCC1C2=C(CC(C)(C)CC2=O)Nc2ccccc2N1CC(=O)NC1CCCCC1. The van der Waals surface area contributed by atoms with Crippen molar-refractivity contribution in [1.82, 2.24) is 5.32 Å². The van der Waals surface area contributed by atoms with E-state index in [1.807, 2.05) is 12.1 Å². The van der Waals surface area contributed by atoms with Gasteiger partial charge in [0.15, 0.2) is 5.78 Å². The maximum absolute atomic E-state index is 13.2. The molecule has 1 aromatic carbocycles. The Morgan fingerprint density at radius 2 is 1.90 bits per heavy atom. The van der Waals surface area contributed by atoms with Gasteiger partial charge in [-0.1, -0.05) is 52.2 Å². The third-order valence-corrected chi connectivity index (χ3v) is 6.80. The summed E-state index contributed by atoms with van der Waals surface area (Å²) in [6.45, 7) is 6.70. The van der Waals surface area contributed by atoms with Crippen molar-refractivity contribution in [2.75, 3.05) is 16.8 Å². The number of fused-ring (bicyclic) bond motifs is 1. The molecule has 5 heteroatoms. The third-order valence-electron chi connectivity index (χ3n) is 6.80. The third kappa shape index (κ3) is 4.26. The Hall–Kier alpha value is -2.30. The first kappa shape index (κ1) is 21.0. The van der Waals surface area contributed by atoms with Gasteiger partial charge in [-0.05, 0) is 43.2 Å². The zero-order valence-electron chi connectivity index (χ0n) is 18.6. The summed E-state index contributed by atoms with van der Waals surface area (Å²) in [5.41, 5.74) is 3.84. The van der Waals surface area contributed by atoms with Crippen LogP contribution in [0.15, 0.2) is 35.5 Å². The van der Waals surface area contributed by atoms with Gasteiger partial charge in [-0.25, -0.2) is 0 Å². The number of hydrogen-bond acceptors (Lipinski definition) is 4. The minimum Gasteiger partial charge on any atom is -0.357 e. The summed E-state index contributed by atoms with van der Waals surface area (Å²) in [7, 11) is 0. The molecule has 4 rings (SSSR count). The molecule has 30 heavy (non-hydrogen) atoms. The van der Waals surface area contributed by atoms with E-state index in [0.29, 0.717) is 12.5 Å². The number of ketones is 1. The molecule has 0 radical (unpaired) electrons. The van der Waals surface area contributed by atoms with Crippen LogP contribution >= 0.6 is 0 Å². The molecule has 1 aliphatic heterocycles. The summed E-state index contributed by atoms with van der Waals surface area (Å²) in [4.78, 5) is 28.4. The first-order valence-corrected chi connectivity index (χ1v) is 11.6. The van der Waals surface area contributed by atoms with Crippen LogP contribution in [0.25, 0.3) is 0 Å². The fraction of sp³-hybridized carbons (Fsp3) is 0.600. The molecule has 1 unspecified atom stereocenters. The number of rotatable bonds is 4. The van der Waals surface area contributed by atoms with E-state index in [9.17, 15) is 9.59 Å². The second-order valence-corrected chi connectivity index (χ2v) is 9.93. The quantitative estimate of drug-likeness (QED) is 0.751. The first-order valence-electron chi connectivity index (χ1n) is 11.6. The predicted octanol–water partition coefficient (Wildman–Crippen LogP) is 4.79. The summed E-state index contributed by atoms with van der Waals surface area (Å²) in [5.74, 6) is 0.272. The lowest BCUT2D eigenvalue weighted by Crippen LogP contribution is -2.48. The van der Waals surface area contributed by atoms with Crippen LogP contribution in [0.2, 0.25) is 0 Å². The van der Waals surface area contributed by atoms with Gasteiger partial charge in [0, 0.05) is 23.7 Å². The van der Waals surface area contributed by atoms with E-state index in [4.69, 9.17) is 0 Å². The number of nitrogens with one attached hydrogen (secondary N) is 2. The van der Waals surface area contributed by atoms with Gasteiger partial charge in [0.25, 0.3) is 0 Å². The Morgan fingerprint density at radius 1 is 1.17 bits per heavy atom. The smallest absolute Gasteiger partial charge is 0.239 e. The van der Waals surface area contributed by atoms with Gasteiger partial charge >= 0.3 is 0 Å². The molecule has 1 amide bonds. The van der Waals surface area contributed by atoms with E-state index in [2.05, 4.69) is 48.4 Å². The number of nitrogens with zero attached hydrogens (tertiary/aromatic N) is 1. The van der Waals surface area contributed by atoms with Crippen molar-refractivity contribution in [3.8, 4) is 0 Å². The summed E-state index contributed by atoms with van der Waals surface area (Å²) in [6.07, 6.45) is 8.00.